The molecule has 0 spiro atoms. The smallest absolute Gasteiger partial charge is 0.131 e. The molecule has 0 unspecified atom stereocenters. The highest BCUT2D eigenvalue weighted by Crippen LogP contribution is 2.29. The molecule has 0 saturated heterocycles. The summed E-state index contributed by atoms with van der Waals surface area (Å²) in [6.45, 7) is 7.34. The summed E-state index contributed by atoms with van der Waals surface area (Å²) in [5.41, 5.74) is 9.70. The summed E-state index contributed by atoms with van der Waals surface area (Å²) >= 11 is 0. The quantitative estimate of drug-likeness (QED) is 0.885. The van der Waals surface area contributed by atoms with Gasteiger partial charge < -0.3 is 10.3 Å². The van der Waals surface area contributed by atoms with Crippen molar-refractivity contribution in [3.63, 3.8) is 0 Å². The molecule has 2 N–H and O–H groups in total. The molecule has 1 heterocycles. The second kappa shape index (κ2) is 5.91. The highest BCUT2D eigenvalue weighted by molar-refractivity contribution is 5.73. The Morgan fingerprint density at radius 3 is 2.63 bits per heavy atom. The molecule has 0 atom stereocenters. The molecule has 0 aliphatic carbocycles. The SMILES string of the molecule is CCCCn1c(C)nc(-c2ccccc2CC)c1N. The predicted octanol–water partition coefficient (Wildman–Crippen LogP) is 3.80. The van der Waals surface area contributed by atoms with Crippen LogP contribution >= 0.6 is 0 Å². The van der Waals surface area contributed by atoms with Crippen LogP contribution in [-0.4, -0.2) is 9.55 Å². The third kappa shape index (κ3) is 2.65. The van der Waals surface area contributed by atoms with Gasteiger partial charge in [-0.2, -0.15) is 0 Å². The van der Waals surface area contributed by atoms with Crippen LogP contribution < -0.4 is 5.73 Å². The molecule has 0 amide bonds. The number of nitrogen functional groups attached to an aromatic ring is 1. The molecule has 2 rings (SSSR count). The summed E-state index contributed by atoms with van der Waals surface area (Å²) in [4.78, 5) is 4.68. The Morgan fingerprint density at radius 1 is 1.21 bits per heavy atom. The minimum absolute atomic E-state index is 0.798. The number of nitrogens with two attached hydrogens (primary N) is 1. The van der Waals surface area contributed by atoms with E-state index in [2.05, 4.69) is 41.6 Å². The summed E-state index contributed by atoms with van der Waals surface area (Å²) in [7, 11) is 0. The summed E-state index contributed by atoms with van der Waals surface area (Å²) in [6.07, 6.45) is 3.30. The predicted molar refractivity (Wildman–Crippen MR) is 81.1 cm³/mol. The van der Waals surface area contributed by atoms with Gasteiger partial charge in [0.15, 0.2) is 0 Å². The number of benzene rings is 1. The molecule has 3 nitrogen and oxygen atoms in total. The first-order chi connectivity index (χ1) is 9.19. The van der Waals surface area contributed by atoms with E-state index >= 15 is 0 Å². The number of aryl methyl sites for hydroxylation is 2. The maximum absolute atomic E-state index is 6.30. The van der Waals surface area contributed by atoms with Gasteiger partial charge in [-0.3, -0.25) is 0 Å². The first-order valence-corrected chi connectivity index (χ1v) is 7.09. The van der Waals surface area contributed by atoms with E-state index in [1.54, 1.807) is 0 Å². The molecular weight excluding hydrogens is 234 g/mol. The van der Waals surface area contributed by atoms with Crippen LogP contribution in [0, 0.1) is 6.92 Å². The molecule has 1 aromatic carbocycles. The lowest BCUT2D eigenvalue weighted by atomic mass is 10.0. The van der Waals surface area contributed by atoms with E-state index in [0.717, 1.165) is 43.1 Å². The molecule has 0 bridgehead atoms. The van der Waals surface area contributed by atoms with E-state index in [0.29, 0.717) is 0 Å². The Bertz CT molecular complexity index is 555. The highest BCUT2D eigenvalue weighted by Gasteiger charge is 2.15. The van der Waals surface area contributed by atoms with E-state index in [-0.39, 0.29) is 0 Å². The lowest BCUT2D eigenvalue weighted by molar-refractivity contribution is 0.622. The van der Waals surface area contributed by atoms with E-state index < -0.39 is 0 Å². The number of hydrogen-bond acceptors (Lipinski definition) is 2. The second-order valence-electron chi connectivity index (χ2n) is 4.91. The zero-order chi connectivity index (χ0) is 13.8. The van der Waals surface area contributed by atoms with Gasteiger partial charge in [-0.05, 0) is 25.3 Å². The van der Waals surface area contributed by atoms with Gasteiger partial charge in [0.05, 0.1) is 0 Å². The van der Waals surface area contributed by atoms with Crippen molar-refractivity contribution in [1.29, 1.82) is 0 Å². The molecule has 102 valence electrons. The number of anilines is 1. The van der Waals surface area contributed by atoms with Gasteiger partial charge >= 0.3 is 0 Å². The van der Waals surface area contributed by atoms with Crippen molar-refractivity contribution in [3.05, 3.63) is 35.7 Å². The van der Waals surface area contributed by atoms with E-state index in [1.807, 2.05) is 13.0 Å². The van der Waals surface area contributed by atoms with Crippen molar-refractivity contribution in [3.8, 4) is 11.3 Å². The summed E-state index contributed by atoms with van der Waals surface area (Å²) in [5, 5.41) is 0. The molecule has 1 aromatic heterocycles. The van der Waals surface area contributed by atoms with Crippen molar-refractivity contribution in [2.75, 3.05) is 5.73 Å². The summed E-state index contributed by atoms with van der Waals surface area (Å²) in [5.74, 6) is 1.80. The van der Waals surface area contributed by atoms with Gasteiger partial charge in [-0.25, -0.2) is 4.98 Å². The zero-order valence-corrected chi connectivity index (χ0v) is 12.1. The molecule has 0 fully saturated rings. The molecule has 2 aromatic rings. The third-order valence-electron chi connectivity index (χ3n) is 3.59. The number of hydrogen-bond donors (Lipinski definition) is 1. The lowest BCUT2D eigenvalue weighted by Crippen LogP contribution is -2.05. The van der Waals surface area contributed by atoms with E-state index in [4.69, 9.17) is 5.73 Å². The number of imidazole rings is 1. The Balaban J connectivity index is 2.45. The van der Waals surface area contributed by atoms with Gasteiger partial charge in [0.25, 0.3) is 0 Å². The van der Waals surface area contributed by atoms with Crippen LogP contribution in [0.1, 0.15) is 38.1 Å². The third-order valence-corrected chi connectivity index (χ3v) is 3.59. The van der Waals surface area contributed by atoms with Gasteiger partial charge in [0, 0.05) is 12.1 Å². The molecule has 0 aliphatic rings. The first kappa shape index (κ1) is 13.7. The average molecular weight is 257 g/mol. The van der Waals surface area contributed by atoms with Crippen molar-refractivity contribution in [2.45, 2.75) is 46.6 Å². The Hall–Kier alpha value is -1.77. The maximum Gasteiger partial charge on any atom is 0.131 e. The Morgan fingerprint density at radius 2 is 1.95 bits per heavy atom. The van der Waals surface area contributed by atoms with Gasteiger partial charge in [-0.1, -0.05) is 44.5 Å². The number of unbranched alkanes of at least 4 members (excludes halogenated alkanes) is 1. The maximum atomic E-state index is 6.30. The fraction of sp³-hybridized carbons (Fsp3) is 0.438. The van der Waals surface area contributed by atoms with E-state index in [9.17, 15) is 0 Å². The second-order valence-corrected chi connectivity index (χ2v) is 4.91. The monoisotopic (exact) mass is 257 g/mol. The minimum atomic E-state index is 0.798. The standard InChI is InChI=1S/C16H23N3/c1-4-6-11-19-12(3)18-15(16(19)17)14-10-8-7-9-13(14)5-2/h7-10H,4-6,11,17H2,1-3H3. The molecule has 19 heavy (non-hydrogen) atoms. The minimum Gasteiger partial charge on any atom is -0.383 e. The molecular formula is C16H23N3. The van der Waals surface area contributed by atoms with Crippen LogP contribution in [0.4, 0.5) is 5.82 Å². The molecule has 0 radical (unpaired) electrons. The van der Waals surface area contributed by atoms with Crippen LogP contribution in [0.25, 0.3) is 11.3 Å². The van der Waals surface area contributed by atoms with Gasteiger partial charge in [0.2, 0.25) is 0 Å². The van der Waals surface area contributed by atoms with Crippen LogP contribution in [0.3, 0.4) is 0 Å². The van der Waals surface area contributed by atoms with Crippen LogP contribution in [0.15, 0.2) is 24.3 Å². The number of nitrogens with zero attached hydrogens (tertiary/aromatic N) is 2. The topological polar surface area (TPSA) is 43.8 Å². The molecule has 0 saturated carbocycles. The number of rotatable bonds is 5. The Kier molecular flexibility index (Phi) is 4.25. The highest BCUT2D eigenvalue weighted by atomic mass is 15.1. The molecule has 3 heteroatoms. The van der Waals surface area contributed by atoms with Crippen molar-refractivity contribution in [2.24, 2.45) is 0 Å². The summed E-state index contributed by atoms with van der Waals surface area (Å²) in [6, 6.07) is 8.38. The van der Waals surface area contributed by atoms with Crippen molar-refractivity contribution in [1.82, 2.24) is 9.55 Å². The van der Waals surface area contributed by atoms with Gasteiger partial charge in [0.1, 0.15) is 17.3 Å². The average Bonchev–Trinajstić information content (AvgIpc) is 2.71. The number of aromatic nitrogens is 2. The van der Waals surface area contributed by atoms with Crippen LogP contribution in [-0.2, 0) is 13.0 Å². The largest absolute Gasteiger partial charge is 0.383 e. The van der Waals surface area contributed by atoms with Crippen molar-refractivity contribution >= 4 is 5.82 Å². The fourth-order valence-electron chi connectivity index (χ4n) is 2.44. The van der Waals surface area contributed by atoms with Crippen LogP contribution in [0.5, 0.6) is 0 Å². The lowest BCUT2D eigenvalue weighted by Gasteiger charge is -2.08. The van der Waals surface area contributed by atoms with E-state index in [1.165, 1.54) is 11.1 Å². The summed E-state index contributed by atoms with van der Waals surface area (Å²) < 4.78 is 2.13. The van der Waals surface area contributed by atoms with Crippen molar-refractivity contribution < 1.29 is 0 Å². The van der Waals surface area contributed by atoms with Gasteiger partial charge in [-0.15, -0.1) is 0 Å². The zero-order valence-electron chi connectivity index (χ0n) is 12.1. The normalized spacial score (nSPS) is 10.9. The Labute approximate surface area is 115 Å². The van der Waals surface area contributed by atoms with Crippen LogP contribution in [0.2, 0.25) is 0 Å². The molecule has 0 aliphatic heterocycles. The first-order valence-electron chi connectivity index (χ1n) is 7.09. The fourth-order valence-corrected chi connectivity index (χ4v) is 2.44.